The third-order valence-electron chi connectivity index (χ3n) is 6.30. The molecule has 3 aromatic carbocycles. The first kappa shape index (κ1) is 27.1. The van der Waals surface area contributed by atoms with Crippen LogP contribution < -0.4 is 25.2 Å². The second kappa shape index (κ2) is 12.0. The van der Waals surface area contributed by atoms with Crippen LogP contribution in [0.4, 0.5) is 11.4 Å². The van der Waals surface area contributed by atoms with Crippen LogP contribution >= 0.6 is 11.8 Å². The summed E-state index contributed by atoms with van der Waals surface area (Å²) in [7, 11) is 3.06. The number of hydrogen-bond donors (Lipinski definition) is 1. The molecule has 38 heavy (non-hydrogen) atoms. The Morgan fingerprint density at radius 1 is 1.00 bits per heavy atom. The number of anilines is 2. The molecule has 0 saturated carbocycles. The van der Waals surface area contributed by atoms with Crippen molar-refractivity contribution in [2.45, 2.75) is 25.9 Å². The number of methoxy groups -OCH3 is 2. The molecule has 198 valence electrons. The lowest BCUT2D eigenvalue weighted by Crippen LogP contribution is -2.23. The van der Waals surface area contributed by atoms with Crippen LogP contribution in [0, 0.1) is 6.92 Å². The highest BCUT2D eigenvalue weighted by molar-refractivity contribution is 7.99. The molecule has 9 heteroatoms. The Morgan fingerprint density at radius 2 is 1.68 bits per heavy atom. The number of aryl methyl sites for hydroxylation is 1. The summed E-state index contributed by atoms with van der Waals surface area (Å²) in [4.78, 5) is 33.6. The summed E-state index contributed by atoms with van der Waals surface area (Å²) < 4.78 is 12.3. The van der Waals surface area contributed by atoms with E-state index in [9.17, 15) is 9.59 Å². The van der Waals surface area contributed by atoms with E-state index in [4.69, 9.17) is 14.5 Å². The van der Waals surface area contributed by atoms with Crippen LogP contribution in [0.1, 0.15) is 19.4 Å². The van der Waals surface area contributed by atoms with E-state index in [0.717, 1.165) is 30.0 Å². The van der Waals surface area contributed by atoms with Gasteiger partial charge >= 0.3 is 0 Å². The fourth-order valence-electron chi connectivity index (χ4n) is 4.28. The summed E-state index contributed by atoms with van der Waals surface area (Å²) in [6.07, 6.45) is 0. The number of carbonyl (C=O) groups is 1. The van der Waals surface area contributed by atoms with E-state index >= 15 is 0 Å². The maximum atomic E-state index is 13.6. The van der Waals surface area contributed by atoms with Gasteiger partial charge in [-0.05, 0) is 62.7 Å². The van der Waals surface area contributed by atoms with Crippen molar-refractivity contribution in [3.63, 3.8) is 0 Å². The Hall–Kier alpha value is -3.98. The first-order valence-corrected chi connectivity index (χ1v) is 13.4. The zero-order valence-corrected chi connectivity index (χ0v) is 23.1. The minimum Gasteiger partial charge on any atom is -0.493 e. The van der Waals surface area contributed by atoms with Crippen molar-refractivity contribution in [2.24, 2.45) is 0 Å². The topological polar surface area (TPSA) is 85.7 Å². The molecule has 1 amide bonds. The van der Waals surface area contributed by atoms with Gasteiger partial charge in [-0.25, -0.2) is 4.98 Å². The zero-order chi connectivity index (χ0) is 27.2. The number of para-hydroxylation sites is 1. The van der Waals surface area contributed by atoms with E-state index in [-0.39, 0.29) is 17.2 Å². The number of fused-ring (bicyclic) bond motifs is 1. The summed E-state index contributed by atoms with van der Waals surface area (Å²) in [5.74, 6) is 0.812. The number of nitrogens with one attached hydrogen (secondary N) is 1. The smallest absolute Gasteiger partial charge is 0.266 e. The lowest BCUT2D eigenvalue weighted by molar-refractivity contribution is -0.113. The minimum atomic E-state index is -0.257. The molecule has 1 heterocycles. The summed E-state index contributed by atoms with van der Waals surface area (Å²) in [5.41, 5.74) is 3.74. The molecule has 0 radical (unpaired) electrons. The number of carbonyl (C=O) groups excluding carboxylic acids is 1. The van der Waals surface area contributed by atoms with Crippen molar-refractivity contribution >= 4 is 39.9 Å². The van der Waals surface area contributed by atoms with E-state index in [1.165, 1.54) is 30.5 Å². The highest BCUT2D eigenvalue weighted by Gasteiger charge is 2.18. The second-order valence-corrected chi connectivity index (χ2v) is 9.55. The van der Waals surface area contributed by atoms with Crippen molar-refractivity contribution in [2.75, 3.05) is 43.3 Å². The lowest BCUT2D eigenvalue weighted by Gasteiger charge is -2.22. The molecule has 0 aliphatic heterocycles. The predicted molar refractivity (Wildman–Crippen MR) is 155 cm³/mol. The van der Waals surface area contributed by atoms with Crippen LogP contribution in [-0.4, -0.2) is 48.5 Å². The molecule has 4 aromatic rings. The van der Waals surface area contributed by atoms with Crippen LogP contribution in [0.5, 0.6) is 11.5 Å². The largest absolute Gasteiger partial charge is 0.493 e. The molecule has 0 saturated heterocycles. The van der Waals surface area contributed by atoms with Crippen molar-refractivity contribution in [1.82, 2.24) is 9.55 Å². The number of rotatable bonds is 10. The number of ether oxygens (including phenoxy) is 2. The maximum absolute atomic E-state index is 13.6. The van der Waals surface area contributed by atoms with Gasteiger partial charge in [0.2, 0.25) is 5.91 Å². The van der Waals surface area contributed by atoms with Crippen LogP contribution in [-0.2, 0) is 4.79 Å². The van der Waals surface area contributed by atoms with Crippen LogP contribution in [0.25, 0.3) is 16.6 Å². The van der Waals surface area contributed by atoms with Gasteiger partial charge in [0.05, 0.1) is 36.6 Å². The summed E-state index contributed by atoms with van der Waals surface area (Å²) in [6.45, 7) is 8.05. The Balaban J connectivity index is 1.64. The molecule has 4 rings (SSSR count). The predicted octanol–water partition coefficient (Wildman–Crippen LogP) is 5.29. The molecule has 0 aliphatic rings. The van der Waals surface area contributed by atoms with Crippen molar-refractivity contribution in [3.05, 3.63) is 76.6 Å². The van der Waals surface area contributed by atoms with Crippen LogP contribution in [0.3, 0.4) is 0 Å². The van der Waals surface area contributed by atoms with Crippen molar-refractivity contribution in [3.8, 4) is 17.2 Å². The molecule has 1 aromatic heterocycles. The van der Waals surface area contributed by atoms with Crippen LogP contribution in [0.2, 0.25) is 0 Å². The van der Waals surface area contributed by atoms with E-state index in [2.05, 4.69) is 30.1 Å². The number of benzene rings is 3. The summed E-state index contributed by atoms with van der Waals surface area (Å²) >= 11 is 1.20. The normalized spacial score (nSPS) is 10.9. The SMILES string of the molecule is CCN(CC)c1ccc(NC(=O)CSc2nc3cc(OC)c(OC)cc3c(=O)n2-c2ccccc2)c(C)c1. The average Bonchev–Trinajstić information content (AvgIpc) is 2.93. The molecule has 0 fully saturated rings. The monoisotopic (exact) mass is 532 g/mol. The highest BCUT2D eigenvalue weighted by Crippen LogP contribution is 2.32. The van der Waals surface area contributed by atoms with Gasteiger partial charge in [0, 0.05) is 30.5 Å². The van der Waals surface area contributed by atoms with Gasteiger partial charge in [0.1, 0.15) is 0 Å². The first-order valence-electron chi connectivity index (χ1n) is 12.4. The van der Waals surface area contributed by atoms with E-state index in [1.807, 2.05) is 49.4 Å². The van der Waals surface area contributed by atoms with E-state index in [0.29, 0.717) is 33.2 Å². The first-order chi connectivity index (χ1) is 18.4. The Morgan fingerprint density at radius 3 is 2.32 bits per heavy atom. The molecular formula is C29H32N4O4S. The third-order valence-corrected chi connectivity index (χ3v) is 7.24. The number of nitrogens with zero attached hydrogens (tertiary/aromatic N) is 3. The van der Waals surface area contributed by atoms with E-state index in [1.54, 1.807) is 12.1 Å². The molecule has 0 aliphatic carbocycles. The Kier molecular flexibility index (Phi) is 8.58. The second-order valence-electron chi connectivity index (χ2n) is 8.60. The molecule has 8 nitrogen and oxygen atoms in total. The van der Waals surface area contributed by atoms with Crippen molar-refractivity contribution in [1.29, 1.82) is 0 Å². The molecule has 0 atom stereocenters. The fraction of sp³-hybridized carbons (Fsp3) is 0.276. The fourth-order valence-corrected chi connectivity index (χ4v) is 5.10. The highest BCUT2D eigenvalue weighted by atomic mass is 32.2. The Bertz CT molecular complexity index is 1500. The van der Waals surface area contributed by atoms with Gasteiger partial charge in [0.25, 0.3) is 5.56 Å². The Labute approximate surface area is 226 Å². The number of thioether (sulfide) groups is 1. The van der Waals surface area contributed by atoms with E-state index < -0.39 is 0 Å². The molecule has 0 bridgehead atoms. The van der Waals surface area contributed by atoms with Crippen LogP contribution in [0.15, 0.2) is 70.6 Å². The van der Waals surface area contributed by atoms with Gasteiger partial charge in [-0.3, -0.25) is 14.2 Å². The van der Waals surface area contributed by atoms with Gasteiger partial charge in [0.15, 0.2) is 16.7 Å². The summed E-state index contributed by atoms with van der Waals surface area (Å²) in [6, 6.07) is 18.6. The zero-order valence-electron chi connectivity index (χ0n) is 22.3. The maximum Gasteiger partial charge on any atom is 0.266 e. The lowest BCUT2D eigenvalue weighted by atomic mass is 10.1. The number of aromatic nitrogens is 2. The summed E-state index contributed by atoms with van der Waals surface area (Å²) in [5, 5.41) is 3.80. The third kappa shape index (κ3) is 5.62. The van der Waals surface area contributed by atoms with Gasteiger partial charge in [-0.2, -0.15) is 0 Å². The average molecular weight is 533 g/mol. The number of hydrogen-bond acceptors (Lipinski definition) is 7. The number of amides is 1. The molecule has 0 spiro atoms. The van der Waals surface area contributed by atoms with Gasteiger partial charge < -0.3 is 19.7 Å². The van der Waals surface area contributed by atoms with Gasteiger partial charge in [-0.1, -0.05) is 30.0 Å². The minimum absolute atomic E-state index is 0.0787. The quantitative estimate of drug-likeness (QED) is 0.219. The van der Waals surface area contributed by atoms with Gasteiger partial charge in [-0.15, -0.1) is 0 Å². The molecule has 0 unspecified atom stereocenters. The molecule has 1 N–H and O–H groups in total. The van der Waals surface area contributed by atoms with Crippen molar-refractivity contribution < 1.29 is 14.3 Å². The molecular weight excluding hydrogens is 500 g/mol. The standard InChI is InChI=1S/C29H32N4O4S/c1-6-32(7-2)21-13-14-23(19(3)15-21)30-27(34)18-38-29-31-24-17-26(37-5)25(36-4)16-22(24)28(35)33(29)20-11-9-8-10-12-20/h8-17H,6-7,18H2,1-5H3,(H,30,34).